The number of halogens is 3. The Balaban J connectivity index is 2.41. The average molecular weight is 233 g/mol. The van der Waals surface area contributed by atoms with Gasteiger partial charge in [0.05, 0.1) is 13.2 Å². The summed E-state index contributed by atoms with van der Waals surface area (Å²) in [5.74, 6) is -0.660. The maximum absolute atomic E-state index is 12.8. The third-order valence-corrected chi connectivity index (χ3v) is 2.17. The maximum atomic E-state index is 12.8. The molecule has 88 valence electrons. The molecule has 1 aliphatic rings. The standard InChI is InChI=1S/C10H10F3NO2/c1-15-9-8(10(11,12)13)7(4-5-14-9)16-6-2-3-6/h4-6H,2-3H2,1H3. The van der Waals surface area contributed by atoms with Crippen LogP contribution < -0.4 is 9.47 Å². The normalized spacial score (nSPS) is 16.0. The van der Waals surface area contributed by atoms with Crippen molar-refractivity contribution in [3.05, 3.63) is 17.8 Å². The predicted octanol–water partition coefficient (Wildman–Crippen LogP) is 2.65. The lowest BCUT2D eigenvalue weighted by atomic mass is 10.2. The van der Waals surface area contributed by atoms with E-state index in [1.165, 1.54) is 12.3 Å². The summed E-state index contributed by atoms with van der Waals surface area (Å²) in [4.78, 5) is 3.53. The van der Waals surface area contributed by atoms with Crippen LogP contribution in [-0.2, 0) is 6.18 Å². The second kappa shape index (κ2) is 3.84. The molecule has 1 heterocycles. The number of alkyl halides is 3. The van der Waals surface area contributed by atoms with Crippen LogP contribution in [0.5, 0.6) is 11.6 Å². The number of pyridine rings is 1. The number of nitrogens with zero attached hydrogens (tertiary/aromatic N) is 1. The highest BCUT2D eigenvalue weighted by Gasteiger charge is 2.40. The van der Waals surface area contributed by atoms with E-state index in [0.29, 0.717) is 0 Å². The molecule has 1 fully saturated rings. The van der Waals surface area contributed by atoms with Gasteiger partial charge in [-0.15, -0.1) is 0 Å². The topological polar surface area (TPSA) is 31.4 Å². The smallest absolute Gasteiger partial charge is 0.425 e. The minimum absolute atomic E-state index is 0.104. The van der Waals surface area contributed by atoms with Crippen molar-refractivity contribution < 1.29 is 22.6 Å². The first-order valence-electron chi connectivity index (χ1n) is 4.79. The molecule has 0 spiro atoms. The summed E-state index contributed by atoms with van der Waals surface area (Å²) in [6.45, 7) is 0. The van der Waals surface area contributed by atoms with Gasteiger partial charge in [0.1, 0.15) is 5.75 Å². The van der Waals surface area contributed by atoms with Crippen molar-refractivity contribution >= 4 is 0 Å². The number of hydrogen-bond acceptors (Lipinski definition) is 3. The maximum Gasteiger partial charge on any atom is 0.425 e. The van der Waals surface area contributed by atoms with Crippen LogP contribution in [0.2, 0.25) is 0 Å². The van der Waals surface area contributed by atoms with Crippen LogP contribution in [0.4, 0.5) is 13.2 Å². The molecule has 1 aromatic rings. The van der Waals surface area contributed by atoms with Gasteiger partial charge >= 0.3 is 6.18 Å². The molecular formula is C10H10F3NO2. The van der Waals surface area contributed by atoms with Gasteiger partial charge in [-0.05, 0) is 18.9 Å². The second-order valence-electron chi connectivity index (χ2n) is 3.51. The fraction of sp³-hybridized carbons (Fsp3) is 0.500. The van der Waals surface area contributed by atoms with Gasteiger partial charge in [0.25, 0.3) is 0 Å². The van der Waals surface area contributed by atoms with Gasteiger partial charge in [0.2, 0.25) is 5.88 Å². The lowest BCUT2D eigenvalue weighted by Crippen LogP contribution is -2.12. The molecule has 0 saturated heterocycles. The van der Waals surface area contributed by atoms with E-state index in [2.05, 4.69) is 9.72 Å². The Hall–Kier alpha value is -1.46. The minimum atomic E-state index is -4.52. The molecule has 1 aliphatic carbocycles. The third-order valence-electron chi connectivity index (χ3n) is 2.17. The van der Waals surface area contributed by atoms with E-state index >= 15 is 0 Å². The van der Waals surface area contributed by atoms with Crippen LogP contribution in [-0.4, -0.2) is 18.2 Å². The fourth-order valence-electron chi connectivity index (χ4n) is 1.31. The van der Waals surface area contributed by atoms with E-state index in [4.69, 9.17) is 4.74 Å². The van der Waals surface area contributed by atoms with Gasteiger partial charge in [0, 0.05) is 6.20 Å². The summed E-state index contributed by atoms with van der Waals surface area (Å²) in [6.07, 6.45) is -1.80. The van der Waals surface area contributed by atoms with Crippen molar-refractivity contribution in [2.45, 2.75) is 25.1 Å². The molecule has 0 radical (unpaired) electrons. The van der Waals surface area contributed by atoms with E-state index in [-0.39, 0.29) is 11.9 Å². The Morgan fingerprint density at radius 2 is 2.06 bits per heavy atom. The first-order chi connectivity index (χ1) is 7.52. The summed E-state index contributed by atoms with van der Waals surface area (Å²) < 4.78 is 48.1. The molecule has 0 aliphatic heterocycles. The minimum Gasteiger partial charge on any atom is -0.490 e. The van der Waals surface area contributed by atoms with E-state index in [1.807, 2.05) is 0 Å². The highest BCUT2D eigenvalue weighted by molar-refractivity contribution is 5.42. The van der Waals surface area contributed by atoms with E-state index < -0.39 is 17.6 Å². The van der Waals surface area contributed by atoms with E-state index in [0.717, 1.165) is 20.0 Å². The van der Waals surface area contributed by atoms with Gasteiger partial charge in [-0.25, -0.2) is 4.98 Å². The Morgan fingerprint density at radius 1 is 1.38 bits per heavy atom. The van der Waals surface area contributed by atoms with Crippen molar-refractivity contribution in [2.24, 2.45) is 0 Å². The van der Waals surface area contributed by atoms with Gasteiger partial charge in [-0.2, -0.15) is 13.2 Å². The number of hydrogen-bond donors (Lipinski definition) is 0. The summed E-state index contributed by atoms with van der Waals surface area (Å²) in [6, 6.07) is 1.21. The zero-order valence-electron chi connectivity index (χ0n) is 8.54. The van der Waals surface area contributed by atoms with Crippen LogP contribution in [0.3, 0.4) is 0 Å². The molecule has 2 rings (SSSR count). The Bertz CT molecular complexity index is 388. The zero-order chi connectivity index (χ0) is 11.8. The Labute approximate surface area is 90.2 Å². The van der Waals surface area contributed by atoms with Crippen LogP contribution in [0.25, 0.3) is 0 Å². The van der Waals surface area contributed by atoms with Crippen molar-refractivity contribution in [3.8, 4) is 11.6 Å². The highest BCUT2D eigenvalue weighted by atomic mass is 19.4. The van der Waals surface area contributed by atoms with Gasteiger partial charge < -0.3 is 9.47 Å². The highest BCUT2D eigenvalue weighted by Crippen LogP contribution is 2.42. The van der Waals surface area contributed by atoms with Gasteiger partial charge in [-0.1, -0.05) is 0 Å². The molecule has 1 saturated carbocycles. The Kier molecular flexibility index (Phi) is 2.65. The molecule has 0 unspecified atom stereocenters. The van der Waals surface area contributed by atoms with Crippen LogP contribution in [0, 0.1) is 0 Å². The number of ether oxygens (including phenoxy) is 2. The van der Waals surface area contributed by atoms with Crippen molar-refractivity contribution in [2.75, 3.05) is 7.11 Å². The first-order valence-corrected chi connectivity index (χ1v) is 4.79. The lowest BCUT2D eigenvalue weighted by Gasteiger charge is -2.15. The van der Waals surface area contributed by atoms with Crippen molar-refractivity contribution in [1.82, 2.24) is 4.98 Å². The van der Waals surface area contributed by atoms with Crippen LogP contribution in [0.1, 0.15) is 18.4 Å². The van der Waals surface area contributed by atoms with Crippen LogP contribution >= 0.6 is 0 Å². The number of methoxy groups -OCH3 is 1. The molecule has 3 nitrogen and oxygen atoms in total. The largest absolute Gasteiger partial charge is 0.490 e. The summed E-state index contributed by atoms with van der Waals surface area (Å²) in [5, 5.41) is 0. The Morgan fingerprint density at radius 3 is 2.56 bits per heavy atom. The van der Waals surface area contributed by atoms with E-state index in [1.54, 1.807) is 0 Å². The molecule has 0 bridgehead atoms. The summed E-state index contributed by atoms with van der Waals surface area (Å²) in [7, 11) is 1.15. The van der Waals surface area contributed by atoms with Gasteiger partial charge in [-0.3, -0.25) is 0 Å². The monoisotopic (exact) mass is 233 g/mol. The number of rotatable bonds is 3. The molecular weight excluding hydrogens is 223 g/mol. The summed E-state index contributed by atoms with van der Waals surface area (Å²) in [5.41, 5.74) is -0.940. The average Bonchev–Trinajstić information content (AvgIpc) is 2.99. The molecule has 6 heteroatoms. The van der Waals surface area contributed by atoms with Gasteiger partial charge in [0.15, 0.2) is 5.56 Å². The third kappa shape index (κ3) is 2.20. The second-order valence-corrected chi connectivity index (χ2v) is 3.51. The molecule has 16 heavy (non-hydrogen) atoms. The molecule has 0 N–H and O–H groups in total. The van der Waals surface area contributed by atoms with Crippen LogP contribution in [0.15, 0.2) is 12.3 Å². The fourth-order valence-corrected chi connectivity index (χ4v) is 1.31. The molecule has 0 amide bonds. The first kappa shape index (κ1) is 11.0. The zero-order valence-corrected chi connectivity index (χ0v) is 8.54. The summed E-state index contributed by atoms with van der Waals surface area (Å²) >= 11 is 0. The van der Waals surface area contributed by atoms with E-state index in [9.17, 15) is 13.2 Å². The lowest BCUT2D eigenvalue weighted by molar-refractivity contribution is -0.140. The van der Waals surface area contributed by atoms with Crippen molar-refractivity contribution in [3.63, 3.8) is 0 Å². The molecule has 1 aromatic heterocycles. The van der Waals surface area contributed by atoms with Crippen molar-refractivity contribution in [1.29, 1.82) is 0 Å². The molecule has 0 aromatic carbocycles. The molecule has 0 atom stereocenters. The quantitative estimate of drug-likeness (QED) is 0.804. The predicted molar refractivity (Wildman–Crippen MR) is 49.4 cm³/mol. The number of aromatic nitrogens is 1. The SMILES string of the molecule is COc1nccc(OC2CC2)c1C(F)(F)F.